The van der Waals surface area contributed by atoms with Gasteiger partial charge in [-0.3, -0.25) is 4.79 Å². The molecule has 1 atom stereocenters. The number of nitrogens with one attached hydrogen (secondary N) is 1. The Morgan fingerprint density at radius 3 is 2.52 bits per heavy atom. The molecular weight excluding hydrogens is 356 g/mol. The lowest BCUT2D eigenvalue weighted by atomic mass is 9.88. The number of hydrogen-bond donors (Lipinski definition) is 1. The Kier molecular flexibility index (Phi) is 6.22. The molecule has 0 saturated carbocycles. The third-order valence-electron chi connectivity index (χ3n) is 5.01. The van der Waals surface area contributed by atoms with E-state index in [1.807, 2.05) is 43.4 Å². The van der Waals surface area contributed by atoms with Crippen molar-refractivity contribution in [2.24, 2.45) is 13.0 Å². The van der Waals surface area contributed by atoms with Gasteiger partial charge in [0.05, 0.1) is 0 Å². The van der Waals surface area contributed by atoms with Crippen molar-refractivity contribution in [2.45, 2.75) is 32.6 Å². The van der Waals surface area contributed by atoms with Crippen LogP contribution in [0.4, 0.5) is 0 Å². The topological polar surface area (TPSA) is 34.0 Å². The number of rotatable bonds is 7. The van der Waals surface area contributed by atoms with Crippen molar-refractivity contribution in [1.82, 2.24) is 9.88 Å². The van der Waals surface area contributed by atoms with Crippen LogP contribution in [0.25, 0.3) is 10.9 Å². The predicted molar refractivity (Wildman–Crippen MR) is 113 cm³/mol. The number of amides is 1. The zero-order valence-corrected chi connectivity index (χ0v) is 17.0. The van der Waals surface area contributed by atoms with Crippen LogP contribution in [0, 0.1) is 5.92 Å². The molecule has 1 amide bonds. The Bertz CT molecular complexity index is 912. The summed E-state index contributed by atoms with van der Waals surface area (Å²) in [6, 6.07) is 16.2. The summed E-state index contributed by atoms with van der Waals surface area (Å²) in [4.78, 5) is 12.6. The van der Waals surface area contributed by atoms with Crippen LogP contribution in [0.1, 0.15) is 43.7 Å². The number of carbonyl (C=O) groups excluding carboxylic acids is 1. The maximum atomic E-state index is 12.6. The number of hydrogen-bond acceptors (Lipinski definition) is 1. The van der Waals surface area contributed by atoms with Gasteiger partial charge < -0.3 is 9.88 Å². The minimum absolute atomic E-state index is 0.00702. The van der Waals surface area contributed by atoms with Crippen LogP contribution in [-0.4, -0.2) is 17.0 Å². The van der Waals surface area contributed by atoms with Gasteiger partial charge in [-0.05, 0) is 41.7 Å². The van der Waals surface area contributed by atoms with Gasteiger partial charge in [0.15, 0.2) is 0 Å². The first-order valence-corrected chi connectivity index (χ1v) is 9.89. The van der Waals surface area contributed by atoms with Crippen molar-refractivity contribution in [3.8, 4) is 0 Å². The van der Waals surface area contributed by atoms with Gasteiger partial charge in [0.1, 0.15) is 0 Å². The molecular formula is C23H27ClN2O. The molecule has 0 radical (unpaired) electrons. The van der Waals surface area contributed by atoms with E-state index in [1.54, 1.807) is 0 Å². The summed E-state index contributed by atoms with van der Waals surface area (Å²) < 4.78 is 2.13. The zero-order valence-electron chi connectivity index (χ0n) is 16.2. The van der Waals surface area contributed by atoms with Gasteiger partial charge in [-0.2, -0.15) is 0 Å². The molecule has 1 heterocycles. The maximum Gasteiger partial charge on any atom is 0.220 e. The van der Waals surface area contributed by atoms with Crippen LogP contribution in [0.15, 0.2) is 54.7 Å². The third-order valence-corrected chi connectivity index (χ3v) is 5.26. The van der Waals surface area contributed by atoms with Crippen LogP contribution in [0.2, 0.25) is 5.02 Å². The highest BCUT2D eigenvalue weighted by molar-refractivity contribution is 6.30. The van der Waals surface area contributed by atoms with Crippen molar-refractivity contribution < 1.29 is 4.79 Å². The minimum atomic E-state index is -0.00702. The third kappa shape index (κ3) is 4.72. The Morgan fingerprint density at radius 1 is 1.11 bits per heavy atom. The number of nitrogens with zero attached hydrogens (tertiary/aromatic N) is 1. The molecule has 1 unspecified atom stereocenters. The van der Waals surface area contributed by atoms with E-state index in [9.17, 15) is 4.79 Å². The second kappa shape index (κ2) is 8.62. The van der Waals surface area contributed by atoms with Crippen LogP contribution >= 0.6 is 11.6 Å². The molecule has 27 heavy (non-hydrogen) atoms. The molecule has 142 valence electrons. The van der Waals surface area contributed by atoms with Crippen molar-refractivity contribution in [1.29, 1.82) is 0 Å². The number of aryl methyl sites for hydroxylation is 1. The highest BCUT2D eigenvalue weighted by Gasteiger charge is 2.22. The molecule has 0 bridgehead atoms. The quantitative estimate of drug-likeness (QED) is 0.573. The first kappa shape index (κ1) is 19.5. The van der Waals surface area contributed by atoms with Gasteiger partial charge in [-0.25, -0.2) is 0 Å². The van der Waals surface area contributed by atoms with Crippen molar-refractivity contribution in [2.75, 3.05) is 6.54 Å². The van der Waals surface area contributed by atoms with Gasteiger partial charge in [0.25, 0.3) is 0 Å². The van der Waals surface area contributed by atoms with E-state index in [-0.39, 0.29) is 11.8 Å². The van der Waals surface area contributed by atoms with Crippen LogP contribution in [0.5, 0.6) is 0 Å². The molecule has 0 fully saturated rings. The number of halogens is 1. The standard InChI is InChI=1S/C23H27ClN2O/c1-16(2)12-13-25-23(27)14-20(17-8-10-18(24)11-9-17)21-15-26(3)22-7-5-4-6-19(21)22/h4-11,15-16,20H,12-14H2,1-3H3,(H,25,27). The second-order valence-electron chi connectivity index (χ2n) is 7.55. The first-order valence-electron chi connectivity index (χ1n) is 9.52. The summed E-state index contributed by atoms with van der Waals surface area (Å²) in [5, 5.41) is 4.97. The smallest absolute Gasteiger partial charge is 0.220 e. The van der Waals surface area contributed by atoms with E-state index in [4.69, 9.17) is 11.6 Å². The maximum absolute atomic E-state index is 12.6. The molecule has 3 rings (SSSR count). The van der Waals surface area contributed by atoms with Gasteiger partial charge in [0.2, 0.25) is 5.91 Å². The number of carbonyl (C=O) groups is 1. The molecule has 3 nitrogen and oxygen atoms in total. The van der Waals surface area contributed by atoms with Crippen LogP contribution in [0.3, 0.4) is 0 Å². The predicted octanol–water partition coefficient (Wildman–Crippen LogP) is 5.52. The fraction of sp³-hybridized carbons (Fsp3) is 0.348. The van der Waals surface area contributed by atoms with Gasteiger partial charge >= 0.3 is 0 Å². The summed E-state index contributed by atoms with van der Waals surface area (Å²) >= 11 is 6.08. The molecule has 1 aromatic heterocycles. The van der Waals surface area contributed by atoms with E-state index in [2.05, 4.69) is 42.1 Å². The Morgan fingerprint density at radius 2 is 1.81 bits per heavy atom. The first-order chi connectivity index (χ1) is 13.0. The average molecular weight is 383 g/mol. The van der Waals surface area contributed by atoms with Crippen molar-refractivity contribution >= 4 is 28.4 Å². The van der Waals surface area contributed by atoms with E-state index in [0.717, 1.165) is 18.5 Å². The van der Waals surface area contributed by atoms with Crippen molar-refractivity contribution in [3.05, 3.63) is 70.9 Å². The molecule has 0 spiro atoms. The molecule has 2 aromatic carbocycles. The van der Waals surface area contributed by atoms with Gasteiger partial charge in [-0.1, -0.05) is 55.8 Å². The van der Waals surface area contributed by atoms with Crippen molar-refractivity contribution in [3.63, 3.8) is 0 Å². The normalized spacial score (nSPS) is 12.5. The molecule has 1 N–H and O–H groups in total. The van der Waals surface area contributed by atoms with Crippen LogP contribution in [-0.2, 0) is 11.8 Å². The molecule has 3 aromatic rings. The summed E-state index contributed by atoms with van der Waals surface area (Å²) in [7, 11) is 2.05. The summed E-state index contributed by atoms with van der Waals surface area (Å²) in [6.45, 7) is 5.05. The monoisotopic (exact) mass is 382 g/mol. The number of benzene rings is 2. The highest BCUT2D eigenvalue weighted by Crippen LogP contribution is 2.34. The SMILES string of the molecule is CC(C)CCNC(=O)CC(c1ccc(Cl)cc1)c1cn(C)c2ccccc12. The van der Waals surface area contributed by atoms with E-state index in [0.29, 0.717) is 17.4 Å². The lowest BCUT2D eigenvalue weighted by molar-refractivity contribution is -0.121. The lowest BCUT2D eigenvalue weighted by Gasteiger charge is -2.18. The summed E-state index contributed by atoms with van der Waals surface area (Å²) in [5.41, 5.74) is 3.45. The zero-order chi connectivity index (χ0) is 19.4. The molecule has 0 aliphatic heterocycles. The Balaban J connectivity index is 1.92. The number of fused-ring (bicyclic) bond motifs is 1. The molecule has 4 heteroatoms. The fourth-order valence-corrected chi connectivity index (χ4v) is 3.64. The largest absolute Gasteiger partial charge is 0.356 e. The Hall–Kier alpha value is -2.26. The minimum Gasteiger partial charge on any atom is -0.356 e. The fourth-order valence-electron chi connectivity index (χ4n) is 3.51. The second-order valence-corrected chi connectivity index (χ2v) is 7.99. The molecule has 0 aliphatic carbocycles. The molecule has 0 aliphatic rings. The number of para-hydroxylation sites is 1. The van der Waals surface area contributed by atoms with Gasteiger partial charge in [-0.15, -0.1) is 0 Å². The average Bonchev–Trinajstić information content (AvgIpc) is 2.97. The molecule has 0 saturated heterocycles. The van der Waals surface area contributed by atoms with Crippen LogP contribution < -0.4 is 5.32 Å². The van der Waals surface area contributed by atoms with E-state index in [1.165, 1.54) is 16.5 Å². The van der Waals surface area contributed by atoms with E-state index < -0.39 is 0 Å². The Labute approximate surface area is 166 Å². The van der Waals surface area contributed by atoms with E-state index >= 15 is 0 Å². The summed E-state index contributed by atoms with van der Waals surface area (Å²) in [6.07, 6.45) is 3.56. The van der Waals surface area contributed by atoms with Gasteiger partial charge in [0, 0.05) is 48.1 Å². The summed E-state index contributed by atoms with van der Waals surface area (Å²) in [5.74, 6) is 0.659. The number of aromatic nitrogens is 1. The highest BCUT2D eigenvalue weighted by atomic mass is 35.5. The lowest BCUT2D eigenvalue weighted by Crippen LogP contribution is -2.27.